The fraction of sp³-hybridized carbons (Fsp3) is 0.526. The zero-order chi connectivity index (χ0) is 18.1. The number of hydrogen-bond donors (Lipinski definition) is 2. The van der Waals surface area contributed by atoms with Crippen molar-refractivity contribution in [1.82, 2.24) is 20.8 Å². The van der Waals surface area contributed by atoms with Crippen molar-refractivity contribution in [3.05, 3.63) is 35.1 Å². The molecular weight excluding hydrogens is 387 g/mol. The van der Waals surface area contributed by atoms with Gasteiger partial charge in [0.1, 0.15) is 0 Å². The monoisotopic (exact) mass is 410 g/mol. The molecule has 1 aliphatic carbocycles. The van der Waals surface area contributed by atoms with Gasteiger partial charge >= 0.3 is 0 Å². The van der Waals surface area contributed by atoms with Gasteiger partial charge in [0.15, 0.2) is 5.82 Å². The summed E-state index contributed by atoms with van der Waals surface area (Å²) in [6.07, 6.45) is 5.87. The molecule has 6 nitrogen and oxygen atoms in total. The van der Waals surface area contributed by atoms with Gasteiger partial charge in [0.25, 0.3) is 5.89 Å². The first-order valence-electron chi connectivity index (χ1n) is 9.26. The summed E-state index contributed by atoms with van der Waals surface area (Å²) in [5, 5.41) is 11.2. The molecule has 1 amide bonds. The number of hydrogen-bond acceptors (Lipinski definition) is 5. The van der Waals surface area contributed by atoms with Crippen molar-refractivity contribution in [3.63, 3.8) is 0 Å². The molecule has 4 atom stereocenters. The molecule has 2 fully saturated rings. The number of aromatic nitrogens is 2. The number of nitrogens with zero attached hydrogens (tertiary/aromatic N) is 2. The second-order valence-corrected chi connectivity index (χ2v) is 7.74. The van der Waals surface area contributed by atoms with Crippen LogP contribution < -0.4 is 10.6 Å². The van der Waals surface area contributed by atoms with Crippen LogP contribution >= 0.6 is 24.0 Å². The molecule has 4 unspecified atom stereocenters. The van der Waals surface area contributed by atoms with E-state index < -0.39 is 0 Å². The van der Waals surface area contributed by atoms with E-state index >= 15 is 0 Å². The fourth-order valence-electron chi connectivity index (χ4n) is 4.02. The zero-order valence-electron chi connectivity index (χ0n) is 15.2. The lowest BCUT2D eigenvalue weighted by atomic mass is 9.85. The molecule has 146 valence electrons. The van der Waals surface area contributed by atoms with Crippen molar-refractivity contribution in [1.29, 1.82) is 0 Å². The maximum absolute atomic E-state index is 12.6. The number of carbonyl (C=O) groups excluding carboxylic acids is 1. The maximum Gasteiger partial charge on any atom is 0.257 e. The summed E-state index contributed by atoms with van der Waals surface area (Å²) < 4.78 is 5.32. The molecule has 0 bridgehead atoms. The number of nitrogens with one attached hydrogen (secondary N) is 2. The number of benzene rings is 1. The van der Waals surface area contributed by atoms with Crippen LogP contribution in [0.25, 0.3) is 11.5 Å². The number of carbonyl (C=O) groups is 1. The van der Waals surface area contributed by atoms with Gasteiger partial charge in [0.2, 0.25) is 5.91 Å². The highest BCUT2D eigenvalue weighted by molar-refractivity contribution is 6.30. The highest BCUT2D eigenvalue weighted by atomic mass is 35.5. The normalized spacial score (nSPS) is 25.3. The van der Waals surface area contributed by atoms with Crippen molar-refractivity contribution in [2.75, 3.05) is 0 Å². The molecule has 27 heavy (non-hydrogen) atoms. The van der Waals surface area contributed by atoms with Crippen LogP contribution in [0.4, 0.5) is 0 Å². The predicted octanol–water partition coefficient (Wildman–Crippen LogP) is 3.91. The first-order chi connectivity index (χ1) is 12.6. The highest BCUT2D eigenvalue weighted by Crippen LogP contribution is 2.33. The van der Waals surface area contributed by atoms with E-state index in [2.05, 4.69) is 20.8 Å². The number of rotatable bonds is 4. The quantitative estimate of drug-likeness (QED) is 0.798. The minimum atomic E-state index is -0.309. The van der Waals surface area contributed by atoms with Crippen molar-refractivity contribution in [2.24, 2.45) is 5.92 Å². The first-order valence-corrected chi connectivity index (χ1v) is 9.64. The van der Waals surface area contributed by atoms with Crippen molar-refractivity contribution < 1.29 is 9.32 Å². The molecule has 2 aliphatic rings. The molecule has 1 aliphatic heterocycles. The molecular formula is C19H24Cl2N4O2. The Hall–Kier alpha value is -1.63. The van der Waals surface area contributed by atoms with Crippen LogP contribution in [0.5, 0.6) is 0 Å². The minimum Gasteiger partial charge on any atom is -0.345 e. The van der Waals surface area contributed by atoms with Crippen LogP contribution in [0.15, 0.2) is 28.8 Å². The van der Waals surface area contributed by atoms with E-state index in [1.165, 1.54) is 25.7 Å². The van der Waals surface area contributed by atoms with Gasteiger partial charge in [-0.2, -0.15) is 4.98 Å². The van der Waals surface area contributed by atoms with Gasteiger partial charge in [0.05, 0.1) is 12.1 Å². The van der Waals surface area contributed by atoms with E-state index in [-0.39, 0.29) is 30.4 Å². The van der Waals surface area contributed by atoms with E-state index in [1.807, 2.05) is 19.1 Å². The third kappa shape index (κ3) is 4.45. The van der Waals surface area contributed by atoms with E-state index in [1.54, 1.807) is 12.1 Å². The summed E-state index contributed by atoms with van der Waals surface area (Å²) in [7, 11) is 0. The fourth-order valence-corrected chi connectivity index (χ4v) is 4.15. The summed E-state index contributed by atoms with van der Waals surface area (Å²) in [6, 6.07) is 7.27. The lowest BCUT2D eigenvalue weighted by Crippen LogP contribution is -2.44. The average molecular weight is 411 g/mol. The van der Waals surface area contributed by atoms with Gasteiger partial charge in [0, 0.05) is 16.6 Å². The van der Waals surface area contributed by atoms with Gasteiger partial charge in [-0.3, -0.25) is 4.79 Å². The maximum atomic E-state index is 12.6. The molecule has 1 saturated heterocycles. The summed E-state index contributed by atoms with van der Waals surface area (Å²) >= 11 is 5.90. The predicted molar refractivity (Wildman–Crippen MR) is 106 cm³/mol. The molecule has 2 aromatic rings. The summed E-state index contributed by atoms with van der Waals surface area (Å²) in [5.41, 5.74) is 0.799. The Labute approximate surface area is 169 Å². The molecule has 1 aromatic carbocycles. The lowest BCUT2D eigenvalue weighted by molar-refractivity contribution is -0.123. The highest BCUT2D eigenvalue weighted by Gasteiger charge is 2.38. The lowest BCUT2D eigenvalue weighted by Gasteiger charge is -2.24. The summed E-state index contributed by atoms with van der Waals surface area (Å²) in [6.45, 7) is 1.87. The van der Waals surface area contributed by atoms with Crippen molar-refractivity contribution in [3.8, 4) is 11.5 Å². The molecule has 2 N–H and O–H groups in total. The Bertz CT molecular complexity index is 766. The van der Waals surface area contributed by atoms with Crippen LogP contribution in [-0.4, -0.2) is 28.1 Å². The van der Waals surface area contributed by atoms with Crippen LogP contribution in [0.1, 0.15) is 50.9 Å². The van der Waals surface area contributed by atoms with Crippen LogP contribution in [0.2, 0.25) is 5.02 Å². The van der Waals surface area contributed by atoms with Gasteiger partial charge < -0.3 is 15.2 Å². The largest absolute Gasteiger partial charge is 0.345 e. The van der Waals surface area contributed by atoms with Crippen molar-refractivity contribution in [2.45, 2.75) is 57.2 Å². The van der Waals surface area contributed by atoms with E-state index in [0.717, 1.165) is 12.0 Å². The topological polar surface area (TPSA) is 80.0 Å². The van der Waals surface area contributed by atoms with Crippen LogP contribution in [0, 0.1) is 5.92 Å². The van der Waals surface area contributed by atoms with E-state index in [0.29, 0.717) is 28.7 Å². The molecule has 1 saturated carbocycles. The van der Waals surface area contributed by atoms with Gasteiger partial charge in [-0.25, -0.2) is 0 Å². The third-order valence-electron chi connectivity index (χ3n) is 5.46. The number of amides is 1. The SMILES string of the molecule is CC(NC(=O)C1CC2CCCCC2N1)c1noc(-c2ccc(Cl)cc2)n1.Cl. The molecule has 4 rings (SSSR count). The molecule has 1 aromatic heterocycles. The van der Waals surface area contributed by atoms with Gasteiger partial charge in [-0.15, -0.1) is 12.4 Å². The smallest absolute Gasteiger partial charge is 0.257 e. The molecule has 0 spiro atoms. The second-order valence-electron chi connectivity index (χ2n) is 7.30. The molecule has 0 radical (unpaired) electrons. The Balaban J connectivity index is 0.00000210. The van der Waals surface area contributed by atoms with Crippen LogP contribution in [-0.2, 0) is 4.79 Å². The Morgan fingerprint density at radius 2 is 2.04 bits per heavy atom. The van der Waals surface area contributed by atoms with Crippen LogP contribution in [0.3, 0.4) is 0 Å². The third-order valence-corrected chi connectivity index (χ3v) is 5.71. The number of fused-ring (bicyclic) bond motifs is 1. The minimum absolute atomic E-state index is 0. The Morgan fingerprint density at radius 1 is 1.30 bits per heavy atom. The number of halogens is 2. The standard InChI is InChI=1S/C19H23ClN4O2.ClH/c1-11(17-23-19(26-24-17)12-6-8-14(20)9-7-12)21-18(25)16-10-13-4-2-3-5-15(13)22-16;/h6-9,11,13,15-16,22H,2-5,10H2,1H3,(H,21,25);1H. The van der Waals surface area contributed by atoms with Crippen molar-refractivity contribution >= 4 is 29.9 Å². The summed E-state index contributed by atoms with van der Waals surface area (Å²) in [5.74, 6) is 1.54. The van der Waals surface area contributed by atoms with E-state index in [9.17, 15) is 4.79 Å². The van der Waals surface area contributed by atoms with Gasteiger partial charge in [-0.1, -0.05) is 29.6 Å². The molecule has 2 heterocycles. The summed E-state index contributed by atoms with van der Waals surface area (Å²) in [4.78, 5) is 17.0. The average Bonchev–Trinajstić information content (AvgIpc) is 3.29. The zero-order valence-corrected chi connectivity index (χ0v) is 16.7. The Morgan fingerprint density at radius 3 is 2.78 bits per heavy atom. The second kappa shape index (κ2) is 8.59. The van der Waals surface area contributed by atoms with Gasteiger partial charge in [-0.05, 0) is 56.4 Å². The van der Waals surface area contributed by atoms with E-state index in [4.69, 9.17) is 16.1 Å². The first kappa shape index (κ1) is 20.1. The molecule has 8 heteroatoms. The Kier molecular flexibility index (Phi) is 6.40.